The first-order valence-electron chi connectivity index (χ1n) is 5.59. The third-order valence-corrected chi connectivity index (χ3v) is 2.87. The van der Waals surface area contributed by atoms with Gasteiger partial charge in [0.2, 0.25) is 0 Å². The molecule has 0 saturated heterocycles. The minimum atomic E-state index is -0.00495. The van der Waals surface area contributed by atoms with E-state index in [0.29, 0.717) is 35.1 Å². The summed E-state index contributed by atoms with van der Waals surface area (Å²) in [7, 11) is 6.90. The van der Waals surface area contributed by atoms with Crippen molar-refractivity contribution in [2.45, 2.75) is 6.42 Å². The van der Waals surface area contributed by atoms with Crippen molar-refractivity contribution in [3.63, 3.8) is 0 Å². The molecule has 0 aromatic heterocycles. The van der Waals surface area contributed by atoms with Gasteiger partial charge in [-0.2, -0.15) is 0 Å². The number of methoxy groups -OCH3 is 2. The molecular formula is C13H19Cl2NO3. The van der Waals surface area contributed by atoms with Crippen LogP contribution in [0.4, 0.5) is 0 Å². The van der Waals surface area contributed by atoms with E-state index in [1.54, 1.807) is 12.1 Å². The Morgan fingerprint density at radius 3 is 2.21 bits per heavy atom. The molecule has 0 N–H and O–H groups in total. The van der Waals surface area contributed by atoms with Gasteiger partial charge in [-0.05, 0) is 20.2 Å². The van der Waals surface area contributed by atoms with Crippen LogP contribution in [-0.2, 0) is 0 Å². The summed E-state index contributed by atoms with van der Waals surface area (Å²) in [6, 6.07) is 3.22. The zero-order valence-corrected chi connectivity index (χ0v) is 13.1. The topological polar surface area (TPSA) is 38.8 Å². The number of Topliss-reactive ketones (excluding diaryl/α,β-unsaturated/α-hetero) is 1. The predicted molar refractivity (Wildman–Crippen MR) is 79.3 cm³/mol. The second-order valence-electron chi connectivity index (χ2n) is 4.16. The molecule has 0 fully saturated rings. The molecule has 4 nitrogen and oxygen atoms in total. The lowest BCUT2D eigenvalue weighted by Crippen LogP contribution is -2.17. The smallest absolute Gasteiger partial charge is 0.165 e. The molecule has 6 heteroatoms. The van der Waals surface area contributed by atoms with Gasteiger partial charge in [0.25, 0.3) is 0 Å². The number of nitrogens with zero attached hydrogens (tertiary/aromatic N) is 1. The van der Waals surface area contributed by atoms with Crippen molar-refractivity contribution in [3.05, 3.63) is 22.7 Å². The van der Waals surface area contributed by atoms with Crippen LogP contribution in [0.3, 0.4) is 0 Å². The zero-order chi connectivity index (χ0) is 13.7. The standard InChI is InChI=1S/C13H18ClNO3.ClH/c1-15(2)6-5-11(16)9-7-12(17-3)13(18-4)8-10(9)14;/h7-8H,5-6H2,1-4H3;1H. The fraction of sp³-hybridized carbons (Fsp3) is 0.462. The Morgan fingerprint density at radius 1 is 1.21 bits per heavy atom. The highest BCUT2D eigenvalue weighted by Crippen LogP contribution is 2.33. The van der Waals surface area contributed by atoms with Gasteiger partial charge in [0.05, 0.1) is 19.2 Å². The van der Waals surface area contributed by atoms with Crippen molar-refractivity contribution in [1.29, 1.82) is 0 Å². The predicted octanol–water partition coefficient (Wildman–Crippen LogP) is 2.91. The van der Waals surface area contributed by atoms with Gasteiger partial charge in [-0.15, -0.1) is 12.4 Å². The highest BCUT2D eigenvalue weighted by molar-refractivity contribution is 6.34. The van der Waals surface area contributed by atoms with Gasteiger partial charge < -0.3 is 14.4 Å². The lowest BCUT2D eigenvalue weighted by molar-refractivity contribution is 0.0972. The second-order valence-corrected chi connectivity index (χ2v) is 4.57. The van der Waals surface area contributed by atoms with E-state index in [4.69, 9.17) is 21.1 Å². The van der Waals surface area contributed by atoms with E-state index in [-0.39, 0.29) is 18.2 Å². The van der Waals surface area contributed by atoms with Gasteiger partial charge in [-0.1, -0.05) is 11.6 Å². The molecule has 0 aliphatic carbocycles. The molecule has 1 rings (SSSR count). The lowest BCUT2D eigenvalue weighted by Gasteiger charge is -2.12. The maximum absolute atomic E-state index is 12.0. The minimum absolute atomic E-state index is 0. The Labute approximate surface area is 125 Å². The number of hydrogen-bond acceptors (Lipinski definition) is 4. The second kappa shape index (κ2) is 8.25. The number of carbonyl (C=O) groups is 1. The van der Waals surface area contributed by atoms with E-state index < -0.39 is 0 Å². The number of hydrogen-bond donors (Lipinski definition) is 0. The number of rotatable bonds is 6. The SMILES string of the molecule is COc1cc(Cl)c(C(=O)CCN(C)C)cc1OC.Cl. The Morgan fingerprint density at radius 2 is 1.74 bits per heavy atom. The molecule has 0 amide bonds. The average molecular weight is 308 g/mol. The summed E-state index contributed by atoms with van der Waals surface area (Å²) in [4.78, 5) is 14.0. The summed E-state index contributed by atoms with van der Waals surface area (Å²) in [5.41, 5.74) is 0.469. The van der Waals surface area contributed by atoms with Gasteiger partial charge in [-0.3, -0.25) is 4.79 Å². The molecule has 1 aromatic carbocycles. The van der Waals surface area contributed by atoms with Crippen LogP contribution < -0.4 is 9.47 Å². The van der Waals surface area contributed by atoms with E-state index in [2.05, 4.69) is 0 Å². The molecular weight excluding hydrogens is 289 g/mol. The molecule has 0 bridgehead atoms. The first kappa shape index (κ1) is 18.0. The summed E-state index contributed by atoms with van der Waals surface area (Å²) >= 11 is 6.08. The summed E-state index contributed by atoms with van der Waals surface area (Å²) in [6.45, 7) is 0.684. The van der Waals surface area contributed by atoms with Gasteiger partial charge in [0, 0.05) is 24.6 Å². The molecule has 0 unspecified atom stereocenters. The molecule has 0 atom stereocenters. The Balaban J connectivity index is 0.00000324. The number of ketones is 1. The summed E-state index contributed by atoms with van der Waals surface area (Å²) in [5.74, 6) is 1.02. The van der Waals surface area contributed by atoms with E-state index in [0.717, 1.165) is 0 Å². The molecule has 0 aliphatic rings. The van der Waals surface area contributed by atoms with Crippen LogP contribution in [0.1, 0.15) is 16.8 Å². The summed E-state index contributed by atoms with van der Waals surface area (Å²) in [5, 5.41) is 0.386. The Bertz CT molecular complexity index is 436. The van der Waals surface area contributed by atoms with E-state index >= 15 is 0 Å². The van der Waals surface area contributed by atoms with Gasteiger partial charge >= 0.3 is 0 Å². The van der Waals surface area contributed by atoms with Crippen molar-refractivity contribution in [3.8, 4) is 11.5 Å². The van der Waals surface area contributed by atoms with E-state index in [1.165, 1.54) is 14.2 Å². The van der Waals surface area contributed by atoms with Crippen molar-refractivity contribution in [1.82, 2.24) is 4.90 Å². The molecule has 0 radical (unpaired) electrons. The van der Waals surface area contributed by atoms with Crippen LogP contribution in [0.5, 0.6) is 11.5 Å². The maximum Gasteiger partial charge on any atom is 0.165 e. The van der Waals surface area contributed by atoms with Crippen molar-refractivity contribution in [2.24, 2.45) is 0 Å². The van der Waals surface area contributed by atoms with Gasteiger partial charge in [0.1, 0.15) is 0 Å². The molecule has 108 valence electrons. The highest BCUT2D eigenvalue weighted by atomic mass is 35.5. The largest absolute Gasteiger partial charge is 0.493 e. The van der Waals surface area contributed by atoms with Crippen molar-refractivity contribution in [2.75, 3.05) is 34.9 Å². The third kappa shape index (κ3) is 4.90. The van der Waals surface area contributed by atoms with Crippen LogP contribution in [0.25, 0.3) is 0 Å². The first-order valence-corrected chi connectivity index (χ1v) is 5.96. The molecule has 1 aromatic rings. The number of halogens is 2. The molecule has 19 heavy (non-hydrogen) atoms. The van der Waals surface area contributed by atoms with Gasteiger partial charge in [-0.25, -0.2) is 0 Å². The maximum atomic E-state index is 12.0. The quantitative estimate of drug-likeness (QED) is 0.758. The third-order valence-electron chi connectivity index (χ3n) is 2.56. The summed E-state index contributed by atoms with van der Waals surface area (Å²) in [6.07, 6.45) is 0.419. The highest BCUT2D eigenvalue weighted by Gasteiger charge is 2.15. The number of benzene rings is 1. The average Bonchev–Trinajstić information content (AvgIpc) is 2.35. The van der Waals surface area contributed by atoms with Crippen molar-refractivity contribution >= 4 is 29.8 Å². The molecule has 0 aliphatic heterocycles. The zero-order valence-electron chi connectivity index (χ0n) is 11.5. The normalized spacial score (nSPS) is 10.0. The number of carbonyl (C=O) groups excluding carboxylic acids is 1. The summed E-state index contributed by atoms with van der Waals surface area (Å²) < 4.78 is 10.3. The number of ether oxygens (including phenoxy) is 2. The van der Waals surface area contributed by atoms with Crippen LogP contribution in [0, 0.1) is 0 Å². The Kier molecular flexibility index (Phi) is 7.83. The van der Waals surface area contributed by atoms with Crippen LogP contribution >= 0.6 is 24.0 Å². The molecule has 0 saturated carbocycles. The fourth-order valence-corrected chi connectivity index (χ4v) is 1.79. The molecule has 0 spiro atoms. The van der Waals surface area contributed by atoms with Crippen molar-refractivity contribution < 1.29 is 14.3 Å². The monoisotopic (exact) mass is 307 g/mol. The molecule has 0 heterocycles. The van der Waals surface area contributed by atoms with Crippen LogP contribution in [-0.4, -0.2) is 45.5 Å². The van der Waals surface area contributed by atoms with Crippen LogP contribution in [0.2, 0.25) is 5.02 Å². The Hall–Kier alpha value is -0.970. The van der Waals surface area contributed by atoms with E-state index in [9.17, 15) is 4.79 Å². The van der Waals surface area contributed by atoms with E-state index in [1.807, 2.05) is 19.0 Å². The minimum Gasteiger partial charge on any atom is -0.493 e. The fourth-order valence-electron chi connectivity index (χ4n) is 1.53. The first-order chi connectivity index (χ1) is 8.49. The lowest BCUT2D eigenvalue weighted by atomic mass is 10.1. The van der Waals surface area contributed by atoms with Crippen LogP contribution in [0.15, 0.2) is 12.1 Å². The van der Waals surface area contributed by atoms with Gasteiger partial charge in [0.15, 0.2) is 17.3 Å².